The fourth-order valence-corrected chi connectivity index (χ4v) is 4.86. The van der Waals surface area contributed by atoms with Crippen molar-refractivity contribution < 1.29 is 9.90 Å². The number of hydrogen-bond donors (Lipinski definition) is 2. The first-order chi connectivity index (χ1) is 11.6. The summed E-state index contributed by atoms with van der Waals surface area (Å²) in [6, 6.07) is 9.88. The van der Waals surface area contributed by atoms with E-state index in [1.54, 1.807) is 5.38 Å². The minimum atomic E-state index is -0.847. The van der Waals surface area contributed by atoms with Crippen LogP contribution in [0.4, 0.5) is 5.13 Å². The van der Waals surface area contributed by atoms with Gasteiger partial charge in [0.25, 0.3) is 5.91 Å². The van der Waals surface area contributed by atoms with E-state index in [1.165, 1.54) is 11.3 Å². The highest BCUT2D eigenvalue weighted by Crippen LogP contribution is 2.48. The van der Waals surface area contributed by atoms with Gasteiger partial charge in [0.2, 0.25) is 0 Å². The lowest BCUT2D eigenvalue weighted by atomic mass is 9.67. The van der Waals surface area contributed by atoms with Crippen molar-refractivity contribution in [1.29, 1.82) is 0 Å². The number of aliphatic hydroxyl groups is 1. The molecule has 3 atom stereocenters. The van der Waals surface area contributed by atoms with Crippen molar-refractivity contribution in [3.8, 4) is 0 Å². The van der Waals surface area contributed by atoms with Crippen molar-refractivity contribution in [2.24, 2.45) is 11.8 Å². The van der Waals surface area contributed by atoms with Crippen LogP contribution in [0, 0.1) is 11.8 Å². The summed E-state index contributed by atoms with van der Waals surface area (Å²) in [5.41, 5.74) is 6.18. The largest absolute Gasteiger partial charge is 0.385 e. The van der Waals surface area contributed by atoms with Crippen molar-refractivity contribution in [1.82, 2.24) is 9.88 Å². The average Bonchev–Trinajstić information content (AvgIpc) is 3.22. The number of carbonyl (C=O) groups excluding carboxylic acids is 1. The maximum Gasteiger partial charge on any atom is 0.273 e. The van der Waals surface area contributed by atoms with E-state index in [0.29, 0.717) is 29.8 Å². The van der Waals surface area contributed by atoms with E-state index >= 15 is 0 Å². The lowest BCUT2D eigenvalue weighted by molar-refractivity contribution is -0.0644. The van der Waals surface area contributed by atoms with Crippen LogP contribution in [0.2, 0.25) is 0 Å². The number of nitrogen functional groups attached to an aromatic ring is 1. The molecule has 5 nitrogen and oxygen atoms in total. The summed E-state index contributed by atoms with van der Waals surface area (Å²) < 4.78 is 0. The summed E-state index contributed by atoms with van der Waals surface area (Å²) in [7, 11) is 0. The maximum absolute atomic E-state index is 12.7. The molecule has 2 fully saturated rings. The van der Waals surface area contributed by atoms with E-state index < -0.39 is 5.60 Å². The highest BCUT2D eigenvalue weighted by atomic mass is 32.1. The van der Waals surface area contributed by atoms with E-state index in [-0.39, 0.29) is 11.8 Å². The normalized spacial score (nSPS) is 29.5. The Kier molecular flexibility index (Phi) is 3.81. The van der Waals surface area contributed by atoms with Gasteiger partial charge in [-0.05, 0) is 30.7 Å². The third kappa shape index (κ3) is 2.50. The maximum atomic E-state index is 12.7. The molecule has 0 bridgehead atoms. The number of aromatic nitrogens is 1. The number of rotatable bonds is 2. The molecule has 2 heterocycles. The lowest BCUT2D eigenvalue weighted by Gasteiger charge is -2.41. The number of anilines is 1. The monoisotopic (exact) mass is 343 g/mol. The summed E-state index contributed by atoms with van der Waals surface area (Å²) in [6.07, 6.45) is 2.80. The van der Waals surface area contributed by atoms with Gasteiger partial charge in [0.1, 0.15) is 5.69 Å². The van der Waals surface area contributed by atoms with Crippen molar-refractivity contribution in [2.45, 2.75) is 24.9 Å². The molecular formula is C18H21N3O2S. The number of nitrogens with two attached hydrogens (primary N) is 1. The van der Waals surface area contributed by atoms with Gasteiger partial charge >= 0.3 is 0 Å². The molecule has 0 radical (unpaired) electrons. The van der Waals surface area contributed by atoms with Gasteiger partial charge in [-0.3, -0.25) is 4.79 Å². The minimum Gasteiger partial charge on any atom is -0.385 e. The Labute approximate surface area is 145 Å². The first kappa shape index (κ1) is 15.6. The summed E-state index contributed by atoms with van der Waals surface area (Å²) in [6.45, 7) is 1.27. The van der Waals surface area contributed by atoms with Gasteiger partial charge in [-0.1, -0.05) is 30.3 Å². The van der Waals surface area contributed by atoms with Gasteiger partial charge in [-0.2, -0.15) is 0 Å². The SMILES string of the molecule is Nc1nc(C(=O)N2C[C@@H]3CCC[C@@](O)(c4ccccc4)[C@@H]3C2)cs1. The number of thiazole rings is 1. The van der Waals surface area contributed by atoms with Crippen LogP contribution in [0.1, 0.15) is 35.3 Å². The molecule has 1 aromatic carbocycles. The molecule has 1 aliphatic carbocycles. The van der Waals surface area contributed by atoms with Gasteiger partial charge in [-0.25, -0.2) is 4.98 Å². The number of amides is 1. The Morgan fingerprint density at radius 3 is 2.83 bits per heavy atom. The van der Waals surface area contributed by atoms with E-state index in [4.69, 9.17) is 5.73 Å². The van der Waals surface area contributed by atoms with E-state index in [2.05, 4.69) is 4.98 Å². The number of benzene rings is 1. The number of nitrogens with zero attached hydrogens (tertiary/aromatic N) is 2. The van der Waals surface area contributed by atoms with Crippen molar-refractivity contribution in [2.75, 3.05) is 18.8 Å². The van der Waals surface area contributed by atoms with Gasteiger partial charge in [0, 0.05) is 24.4 Å². The minimum absolute atomic E-state index is 0.0761. The Morgan fingerprint density at radius 2 is 2.12 bits per heavy atom. The predicted octanol–water partition coefficient (Wildman–Crippen LogP) is 2.49. The van der Waals surface area contributed by atoms with Crippen LogP contribution in [0.3, 0.4) is 0 Å². The zero-order valence-electron chi connectivity index (χ0n) is 13.4. The molecule has 1 aliphatic heterocycles. The second-order valence-electron chi connectivity index (χ2n) is 6.83. The number of hydrogen-bond acceptors (Lipinski definition) is 5. The molecule has 1 amide bonds. The van der Waals surface area contributed by atoms with Crippen LogP contribution in [0.15, 0.2) is 35.7 Å². The molecule has 0 spiro atoms. The van der Waals surface area contributed by atoms with Crippen LogP contribution in [-0.2, 0) is 5.60 Å². The van der Waals surface area contributed by atoms with Gasteiger partial charge in [0.05, 0.1) is 5.60 Å². The highest BCUT2D eigenvalue weighted by Gasteiger charge is 2.50. The first-order valence-electron chi connectivity index (χ1n) is 8.36. The summed E-state index contributed by atoms with van der Waals surface area (Å²) in [5.74, 6) is 0.338. The Hall–Kier alpha value is -1.92. The quantitative estimate of drug-likeness (QED) is 0.878. The molecular weight excluding hydrogens is 322 g/mol. The standard InChI is InChI=1S/C18H21N3O2S/c19-17-20-15(11-24-17)16(22)21-9-12-5-4-8-18(23,14(12)10-21)13-6-2-1-3-7-13/h1-3,6-7,11-12,14,23H,4-5,8-10H2,(H2,19,20)/t12-,14+,18+/m0/s1. The number of likely N-dealkylation sites (tertiary alicyclic amines) is 1. The molecule has 4 rings (SSSR count). The van der Waals surface area contributed by atoms with Crippen LogP contribution < -0.4 is 5.73 Å². The van der Waals surface area contributed by atoms with Crippen molar-refractivity contribution in [3.05, 3.63) is 47.0 Å². The smallest absolute Gasteiger partial charge is 0.273 e. The molecule has 0 unspecified atom stereocenters. The van der Waals surface area contributed by atoms with Crippen molar-refractivity contribution in [3.63, 3.8) is 0 Å². The van der Waals surface area contributed by atoms with Gasteiger partial charge < -0.3 is 15.7 Å². The second-order valence-corrected chi connectivity index (χ2v) is 7.72. The van der Waals surface area contributed by atoms with Gasteiger partial charge in [-0.15, -0.1) is 11.3 Å². The molecule has 1 saturated carbocycles. The molecule has 1 saturated heterocycles. The van der Waals surface area contributed by atoms with Crippen molar-refractivity contribution >= 4 is 22.4 Å². The first-order valence-corrected chi connectivity index (χ1v) is 9.24. The fourth-order valence-electron chi connectivity index (χ4n) is 4.32. The lowest BCUT2D eigenvalue weighted by Crippen LogP contribution is -2.42. The average molecular weight is 343 g/mol. The van der Waals surface area contributed by atoms with E-state index in [9.17, 15) is 9.90 Å². The summed E-state index contributed by atoms with van der Waals surface area (Å²) in [5, 5.41) is 13.5. The zero-order valence-corrected chi connectivity index (χ0v) is 14.2. The predicted molar refractivity (Wildman–Crippen MR) is 93.6 cm³/mol. The third-order valence-electron chi connectivity index (χ3n) is 5.49. The van der Waals surface area contributed by atoms with E-state index in [0.717, 1.165) is 24.8 Å². The molecule has 2 aromatic rings. The third-order valence-corrected chi connectivity index (χ3v) is 6.16. The number of carbonyl (C=O) groups is 1. The van der Waals surface area contributed by atoms with Crippen LogP contribution in [0.5, 0.6) is 0 Å². The second kappa shape index (κ2) is 5.86. The molecule has 126 valence electrons. The van der Waals surface area contributed by atoms with Crippen LogP contribution in [-0.4, -0.2) is 34.0 Å². The molecule has 24 heavy (non-hydrogen) atoms. The topological polar surface area (TPSA) is 79.5 Å². The van der Waals surface area contributed by atoms with Gasteiger partial charge in [0.15, 0.2) is 5.13 Å². The molecule has 3 N–H and O–H groups in total. The Balaban J connectivity index is 1.60. The Morgan fingerprint density at radius 1 is 1.33 bits per heavy atom. The van der Waals surface area contributed by atoms with E-state index in [1.807, 2.05) is 35.2 Å². The Bertz CT molecular complexity index is 748. The number of fused-ring (bicyclic) bond motifs is 1. The molecule has 2 aliphatic rings. The fraction of sp³-hybridized carbons (Fsp3) is 0.444. The van der Waals surface area contributed by atoms with Crippen LogP contribution >= 0.6 is 11.3 Å². The zero-order chi connectivity index (χ0) is 16.7. The highest BCUT2D eigenvalue weighted by molar-refractivity contribution is 7.13. The summed E-state index contributed by atoms with van der Waals surface area (Å²) >= 11 is 1.28. The molecule has 1 aromatic heterocycles. The summed E-state index contributed by atoms with van der Waals surface area (Å²) in [4.78, 5) is 18.6. The molecule has 6 heteroatoms. The van der Waals surface area contributed by atoms with Crippen LogP contribution in [0.25, 0.3) is 0 Å².